The summed E-state index contributed by atoms with van der Waals surface area (Å²) in [5.74, 6) is -1.95. The van der Waals surface area contributed by atoms with Crippen molar-refractivity contribution in [1.82, 2.24) is 9.78 Å². The van der Waals surface area contributed by atoms with Crippen molar-refractivity contribution in [2.24, 2.45) is 0 Å². The summed E-state index contributed by atoms with van der Waals surface area (Å²) in [4.78, 5) is 12.0. The molecule has 0 spiro atoms. The van der Waals surface area contributed by atoms with Crippen molar-refractivity contribution in [2.75, 3.05) is 13.2 Å². The van der Waals surface area contributed by atoms with Gasteiger partial charge in [-0.3, -0.25) is 4.68 Å². The molecule has 0 N–H and O–H groups in total. The van der Waals surface area contributed by atoms with Crippen molar-refractivity contribution >= 4 is 12.0 Å². The van der Waals surface area contributed by atoms with Crippen LogP contribution in [0.5, 0.6) is 0 Å². The summed E-state index contributed by atoms with van der Waals surface area (Å²) < 4.78 is 38.9. The molecule has 2 aromatic rings. The monoisotopic (exact) mass is 336 g/mol. The molecule has 0 radical (unpaired) electrons. The van der Waals surface area contributed by atoms with E-state index in [0.29, 0.717) is 12.2 Å². The van der Waals surface area contributed by atoms with Gasteiger partial charge in [0.2, 0.25) is 0 Å². The molecule has 0 aliphatic heterocycles. The van der Waals surface area contributed by atoms with Gasteiger partial charge in [-0.15, -0.1) is 0 Å². The number of nitrogens with zero attached hydrogens (tertiary/aromatic N) is 2. The van der Waals surface area contributed by atoms with Crippen LogP contribution in [0.25, 0.3) is 6.08 Å². The summed E-state index contributed by atoms with van der Waals surface area (Å²) in [5.41, 5.74) is 0.374. The molecule has 0 aliphatic rings. The van der Waals surface area contributed by atoms with Gasteiger partial charge < -0.3 is 9.47 Å². The maximum Gasteiger partial charge on any atom is 0.359 e. The Balaban J connectivity index is 2.33. The molecule has 0 saturated heterocycles. The average molecular weight is 336 g/mol. The van der Waals surface area contributed by atoms with E-state index < -0.39 is 17.6 Å². The van der Waals surface area contributed by atoms with E-state index in [2.05, 4.69) is 5.10 Å². The van der Waals surface area contributed by atoms with Gasteiger partial charge in [-0.05, 0) is 32.1 Å². The molecule has 0 saturated carbocycles. The lowest BCUT2D eigenvalue weighted by molar-refractivity contribution is 0.0518. The lowest BCUT2D eigenvalue weighted by Crippen LogP contribution is -2.09. The second kappa shape index (κ2) is 8.24. The standard InChI is InChI=1S/C17H18F2N2O3/c1-3-23-9-8-12-10-21(20-16(12)17(22)24-4-2)11-13-14(18)6-5-7-15(13)19/h5-10H,3-4,11H2,1-2H3/b9-8-. The highest BCUT2D eigenvalue weighted by Crippen LogP contribution is 2.16. The Morgan fingerprint density at radius 2 is 1.96 bits per heavy atom. The van der Waals surface area contributed by atoms with E-state index >= 15 is 0 Å². The predicted molar refractivity (Wildman–Crippen MR) is 84.3 cm³/mol. The summed E-state index contributed by atoms with van der Waals surface area (Å²) in [7, 11) is 0. The maximum absolute atomic E-state index is 13.8. The van der Waals surface area contributed by atoms with E-state index in [1.807, 2.05) is 6.92 Å². The molecule has 24 heavy (non-hydrogen) atoms. The molecule has 2 rings (SSSR count). The molecule has 0 fully saturated rings. The minimum absolute atomic E-state index is 0.0598. The van der Waals surface area contributed by atoms with E-state index in [4.69, 9.17) is 9.47 Å². The predicted octanol–water partition coefficient (Wildman–Crippen LogP) is 3.39. The molecule has 0 amide bonds. The number of hydrogen-bond acceptors (Lipinski definition) is 4. The van der Waals surface area contributed by atoms with Crippen molar-refractivity contribution in [3.63, 3.8) is 0 Å². The minimum Gasteiger partial charge on any atom is -0.501 e. The van der Waals surface area contributed by atoms with Gasteiger partial charge in [-0.2, -0.15) is 5.10 Å². The van der Waals surface area contributed by atoms with Gasteiger partial charge in [0.05, 0.1) is 26.0 Å². The third-order valence-electron chi connectivity index (χ3n) is 3.15. The number of carbonyl (C=O) groups is 1. The summed E-state index contributed by atoms with van der Waals surface area (Å²) in [6.07, 6.45) is 4.48. The first-order valence-corrected chi connectivity index (χ1v) is 7.52. The number of benzene rings is 1. The smallest absolute Gasteiger partial charge is 0.359 e. The lowest BCUT2D eigenvalue weighted by atomic mass is 10.2. The van der Waals surface area contributed by atoms with Crippen LogP contribution in [0.1, 0.15) is 35.5 Å². The fraction of sp³-hybridized carbons (Fsp3) is 0.294. The van der Waals surface area contributed by atoms with Crippen molar-refractivity contribution in [1.29, 1.82) is 0 Å². The number of aromatic nitrogens is 2. The second-order valence-electron chi connectivity index (χ2n) is 4.81. The summed E-state index contributed by atoms with van der Waals surface area (Å²) in [6, 6.07) is 3.63. The van der Waals surface area contributed by atoms with Crippen LogP contribution in [-0.4, -0.2) is 29.0 Å². The second-order valence-corrected chi connectivity index (χ2v) is 4.81. The topological polar surface area (TPSA) is 53.4 Å². The number of rotatable bonds is 7. The first-order valence-electron chi connectivity index (χ1n) is 7.52. The van der Waals surface area contributed by atoms with Crippen LogP contribution in [0.2, 0.25) is 0 Å². The van der Waals surface area contributed by atoms with E-state index in [-0.39, 0.29) is 24.4 Å². The van der Waals surface area contributed by atoms with Gasteiger partial charge in [0.25, 0.3) is 0 Å². The van der Waals surface area contributed by atoms with Crippen LogP contribution in [0.3, 0.4) is 0 Å². The SMILES string of the molecule is CCO/C=C\c1cn(Cc2c(F)cccc2F)nc1C(=O)OCC. The number of ether oxygens (including phenoxy) is 2. The molecule has 5 nitrogen and oxygen atoms in total. The van der Waals surface area contributed by atoms with Crippen molar-refractivity contribution in [2.45, 2.75) is 20.4 Å². The van der Waals surface area contributed by atoms with Crippen molar-refractivity contribution in [3.05, 3.63) is 59.1 Å². The highest BCUT2D eigenvalue weighted by Gasteiger charge is 2.18. The Hall–Kier alpha value is -2.70. The zero-order valence-electron chi connectivity index (χ0n) is 13.5. The zero-order chi connectivity index (χ0) is 17.5. The zero-order valence-corrected chi connectivity index (χ0v) is 13.5. The molecule has 0 bridgehead atoms. The number of carbonyl (C=O) groups excluding carboxylic acids is 1. The Bertz CT molecular complexity index is 721. The molecule has 0 aliphatic carbocycles. The lowest BCUT2D eigenvalue weighted by Gasteiger charge is -2.04. The molecule has 7 heteroatoms. The summed E-state index contributed by atoms with van der Waals surface area (Å²) >= 11 is 0. The van der Waals surface area contributed by atoms with Crippen LogP contribution in [0.4, 0.5) is 8.78 Å². The molecule has 128 valence electrons. The number of hydrogen-bond donors (Lipinski definition) is 0. The molecule has 1 heterocycles. The first-order chi connectivity index (χ1) is 11.6. The van der Waals surface area contributed by atoms with Gasteiger partial charge in [0.15, 0.2) is 5.69 Å². The van der Waals surface area contributed by atoms with Crippen LogP contribution in [0.15, 0.2) is 30.7 Å². The van der Waals surface area contributed by atoms with E-state index in [0.717, 1.165) is 0 Å². The highest BCUT2D eigenvalue weighted by atomic mass is 19.1. The Morgan fingerprint density at radius 3 is 2.58 bits per heavy atom. The Morgan fingerprint density at radius 1 is 1.25 bits per heavy atom. The fourth-order valence-electron chi connectivity index (χ4n) is 2.06. The fourth-order valence-corrected chi connectivity index (χ4v) is 2.06. The third-order valence-corrected chi connectivity index (χ3v) is 3.15. The largest absolute Gasteiger partial charge is 0.501 e. The van der Waals surface area contributed by atoms with Crippen molar-refractivity contribution < 1.29 is 23.0 Å². The van der Waals surface area contributed by atoms with Crippen LogP contribution in [0, 0.1) is 11.6 Å². The van der Waals surface area contributed by atoms with Crippen LogP contribution in [-0.2, 0) is 16.0 Å². The Labute approximate surface area is 138 Å². The number of halogens is 2. The van der Waals surface area contributed by atoms with Crippen LogP contribution < -0.4 is 0 Å². The Kier molecular flexibility index (Phi) is 6.06. The van der Waals surface area contributed by atoms with E-state index in [1.54, 1.807) is 13.0 Å². The third kappa shape index (κ3) is 4.18. The number of esters is 1. The molecule has 0 atom stereocenters. The van der Waals surface area contributed by atoms with Crippen LogP contribution >= 0.6 is 0 Å². The van der Waals surface area contributed by atoms with Gasteiger partial charge in [0, 0.05) is 17.3 Å². The molecular formula is C17H18F2N2O3. The van der Waals surface area contributed by atoms with E-state index in [9.17, 15) is 13.6 Å². The van der Waals surface area contributed by atoms with Gasteiger partial charge in [-0.1, -0.05) is 6.07 Å². The van der Waals surface area contributed by atoms with Crippen molar-refractivity contribution in [3.8, 4) is 0 Å². The highest BCUT2D eigenvalue weighted by molar-refractivity contribution is 5.91. The van der Waals surface area contributed by atoms with Gasteiger partial charge in [-0.25, -0.2) is 13.6 Å². The molecular weight excluding hydrogens is 318 g/mol. The average Bonchev–Trinajstić information content (AvgIpc) is 2.95. The maximum atomic E-state index is 13.8. The quantitative estimate of drug-likeness (QED) is 0.574. The van der Waals surface area contributed by atoms with Gasteiger partial charge in [0.1, 0.15) is 11.6 Å². The molecule has 0 unspecified atom stereocenters. The summed E-state index contributed by atoms with van der Waals surface area (Å²) in [5, 5.41) is 4.09. The first kappa shape index (κ1) is 17.7. The van der Waals surface area contributed by atoms with Gasteiger partial charge >= 0.3 is 5.97 Å². The molecule has 1 aromatic carbocycles. The normalized spacial score (nSPS) is 11.0. The minimum atomic E-state index is -0.672. The van der Waals surface area contributed by atoms with E-state index in [1.165, 1.54) is 35.3 Å². The summed E-state index contributed by atoms with van der Waals surface area (Å²) in [6.45, 7) is 4.02. The molecule has 1 aromatic heterocycles.